The van der Waals surface area contributed by atoms with Crippen LogP contribution in [0.1, 0.15) is 25.5 Å². The second kappa shape index (κ2) is 6.73. The largest absolute Gasteiger partial charge is 0.467 e. The Morgan fingerprint density at radius 1 is 1.46 bits per heavy atom. The Balaban J connectivity index is 1.87. The molecule has 24 heavy (non-hydrogen) atoms. The van der Waals surface area contributed by atoms with Gasteiger partial charge in [-0.25, -0.2) is 0 Å². The lowest BCUT2D eigenvalue weighted by molar-refractivity contribution is -0.383. The van der Waals surface area contributed by atoms with Crippen molar-refractivity contribution in [2.75, 3.05) is 29.0 Å². The van der Waals surface area contributed by atoms with Gasteiger partial charge in [-0.05, 0) is 30.9 Å². The smallest absolute Gasteiger partial charge is 0.353 e. The van der Waals surface area contributed by atoms with Crippen LogP contribution in [0.5, 0.6) is 0 Å². The molecule has 0 amide bonds. The van der Waals surface area contributed by atoms with E-state index in [0.717, 1.165) is 25.9 Å². The van der Waals surface area contributed by atoms with E-state index in [4.69, 9.17) is 10.2 Å². The topological polar surface area (TPSA) is 123 Å². The fraction of sp³-hybridized carbons (Fsp3) is 0.467. The van der Waals surface area contributed by atoms with E-state index in [1.807, 2.05) is 4.90 Å². The van der Waals surface area contributed by atoms with Crippen molar-refractivity contribution in [3.63, 3.8) is 0 Å². The summed E-state index contributed by atoms with van der Waals surface area (Å²) >= 11 is 0. The first-order valence-corrected chi connectivity index (χ1v) is 7.87. The van der Waals surface area contributed by atoms with Crippen molar-refractivity contribution < 1.29 is 9.34 Å². The summed E-state index contributed by atoms with van der Waals surface area (Å²) in [5.74, 6) is 1.71. The number of aromatic nitrogens is 2. The number of nitrogens with two attached hydrogens (primary N) is 1. The van der Waals surface area contributed by atoms with Gasteiger partial charge in [0.05, 0.1) is 17.7 Å². The van der Waals surface area contributed by atoms with Gasteiger partial charge in [-0.2, -0.15) is 9.97 Å². The van der Waals surface area contributed by atoms with Crippen LogP contribution in [0.25, 0.3) is 0 Å². The lowest BCUT2D eigenvalue weighted by atomic mass is 10.00. The third-order valence-electron chi connectivity index (χ3n) is 4.16. The number of rotatable bonds is 5. The van der Waals surface area contributed by atoms with Gasteiger partial charge in [0, 0.05) is 13.1 Å². The van der Waals surface area contributed by atoms with Crippen LogP contribution < -0.4 is 16.0 Å². The van der Waals surface area contributed by atoms with Crippen LogP contribution in [-0.4, -0.2) is 28.0 Å². The molecule has 0 aromatic carbocycles. The SMILES string of the molecule is CC1CCN(c2nc(N)c([N+](=O)[O-])c(NCc3ccco3)n2)CC1. The van der Waals surface area contributed by atoms with Crippen molar-refractivity contribution in [1.82, 2.24) is 9.97 Å². The Morgan fingerprint density at radius 3 is 2.83 bits per heavy atom. The van der Waals surface area contributed by atoms with E-state index < -0.39 is 4.92 Å². The first kappa shape index (κ1) is 16.0. The molecule has 3 heterocycles. The van der Waals surface area contributed by atoms with Crippen LogP contribution in [-0.2, 0) is 6.54 Å². The molecule has 0 spiro atoms. The van der Waals surface area contributed by atoms with Gasteiger partial charge in [-0.3, -0.25) is 10.1 Å². The molecular formula is C15H20N6O3. The Morgan fingerprint density at radius 2 is 2.21 bits per heavy atom. The number of nitrogen functional groups attached to an aromatic ring is 1. The van der Waals surface area contributed by atoms with Crippen molar-refractivity contribution in [1.29, 1.82) is 0 Å². The van der Waals surface area contributed by atoms with Crippen LogP contribution in [0.2, 0.25) is 0 Å². The summed E-state index contributed by atoms with van der Waals surface area (Å²) in [5, 5.41) is 14.2. The molecule has 0 aliphatic carbocycles. The van der Waals surface area contributed by atoms with Crippen molar-refractivity contribution in [3.05, 3.63) is 34.3 Å². The molecule has 9 nitrogen and oxygen atoms in total. The van der Waals surface area contributed by atoms with Gasteiger partial charge in [0.15, 0.2) is 0 Å². The molecule has 0 bridgehead atoms. The maximum atomic E-state index is 11.3. The summed E-state index contributed by atoms with van der Waals surface area (Å²) < 4.78 is 5.23. The van der Waals surface area contributed by atoms with Gasteiger partial charge < -0.3 is 20.4 Å². The predicted molar refractivity (Wildman–Crippen MR) is 89.7 cm³/mol. The molecule has 0 atom stereocenters. The predicted octanol–water partition coefficient (Wildman–Crippen LogP) is 2.41. The number of nitrogens with zero attached hydrogens (tertiary/aromatic N) is 4. The number of furan rings is 1. The normalized spacial score (nSPS) is 15.5. The van der Waals surface area contributed by atoms with E-state index >= 15 is 0 Å². The molecule has 1 fully saturated rings. The lowest BCUT2D eigenvalue weighted by Crippen LogP contribution is -2.34. The third kappa shape index (κ3) is 3.39. The molecule has 3 N–H and O–H groups in total. The Labute approximate surface area is 139 Å². The van der Waals surface area contributed by atoms with E-state index in [-0.39, 0.29) is 23.9 Å². The second-order valence-electron chi connectivity index (χ2n) is 5.97. The second-order valence-corrected chi connectivity index (χ2v) is 5.97. The third-order valence-corrected chi connectivity index (χ3v) is 4.16. The molecule has 2 aromatic heterocycles. The van der Waals surface area contributed by atoms with Crippen LogP contribution in [0.3, 0.4) is 0 Å². The van der Waals surface area contributed by atoms with Crippen LogP contribution in [0.15, 0.2) is 22.8 Å². The number of hydrogen-bond acceptors (Lipinski definition) is 8. The summed E-state index contributed by atoms with van der Waals surface area (Å²) in [5.41, 5.74) is 5.51. The fourth-order valence-corrected chi connectivity index (χ4v) is 2.70. The molecule has 1 aliphatic heterocycles. The van der Waals surface area contributed by atoms with E-state index in [9.17, 15) is 10.1 Å². The van der Waals surface area contributed by atoms with Gasteiger partial charge >= 0.3 is 5.69 Å². The average Bonchev–Trinajstić information content (AvgIpc) is 3.06. The first-order valence-electron chi connectivity index (χ1n) is 7.87. The molecule has 0 radical (unpaired) electrons. The molecule has 1 aliphatic rings. The minimum atomic E-state index is -0.568. The van der Waals surface area contributed by atoms with Crippen LogP contribution >= 0.6 is 0 Å². The Bertz CT molecular complexity index is 710. The maximum absolute atomic E-state index is 11.3. The van der Waals surface area contributed by atoms with Gasteiger partial charge in [0.2, 0.25) is 17.6 Å². The van der Waals surface area contributed by atoms with Gasteiger partial charge in [0.1, 0.15) is 5.76 Å². The maximum Gasteiger partial charge on any atom is 0.353 e. The minimum absolute atomic E-state index is 0.109. The van der Waals surface area contributed by atoms with Crippen molar-refractivity contribution in [2.24, 2.45) is 5.92 Å². The highest BCUT2D eigenvalue weighted by Crippen LogP contribution is 2.31. The quantitative estimate of drug-likeness (QED) is 0.632. The van der Waals surface area contributed by atoms with E-state index in [1.54, 1.807) is 18.4 Å². The Kier molecular flexibility index (Phi) is 4.50. The standard InChI is InChI=1S/C15H20N6O3/c1-10-4-6-20(7-5-10)15-18-13(16)12(21(22)23)14(19-15)17-9-11-3-2-8-24-11/h2-3,8,10H,4-7,9H2,1H3,(H3,16,17,18,19). The van der Waals surface area contributed by atoms with Gasteiger partial charge in [0.25, 0.3) is 0 Å². The average molecular weight is 332 g/mol. The van der Waals surface area contributed by atoms with E-state index in [1.165, 1.54) is 0 Å². The molecule has 9 heteroatoms. The number of nitrogens with one attached hydrogen (secondary N) is 1. The number of anilines is 3. The highest BCUT2D eigenvalue weighted by Gasteiger charge is 2.26. The molecule has 3 rings (SSSR count). The summed E-state index contributed by atoms with van der Waals surface area (Å²) in [6, 6.07) is 3.52. The summed E-state index contributed by atoms with van der Waals surface area (Å²) in [6.45, 7) is 4.12. The van der Waals surface area contributed by atoms with Crippen LogP contribution in [0, 0.1) is 16.0 Å². The minimum Gasteiger partial charge on any atom is -0.467 e. The van der Waals surface area contributed by atoms with Crippen LogP contribution in [0.4, 0.5) is 23.3 Å². The van der Waals surface area contributed by atoms with Crippen molar-refractivity contribution >= 4 is 23.3 Å². The molecule has 128 valence electrons. The molecule has 2 aromatic rings. The number of nitro groups is 1. The molecule has 0 unspecified atom stereocenters. The van der Waals surface area contributed by atoms with Crippen molar-refractivity contribution in [2.45, 2.75) is 26.3 Å². The highest BCUT2D eigenvalue weighted by atomic mass is 16.6. The monoisotopic (exact) mass is 332 g/mol. The van der Waals surface area contributed by atoms with E-state index in [2.05, 4.69) is 22.2 Å². The molecule has 1 saturated heterocycles. The summed E-state index contributed by atoms with van der Waals surface area (Å²) in [7, 11) is 0. The number of piperidine rings is 1. The summed E-state index contributed by atoms with van der Waals surface area (Å²) in [6.07, 6.45) is 3.62. The number of hydrogen-bond donors (Lipinski definition) is 2. The zero-order valence-electron chi connectivity index (χ0n) is 13.4. The molecular weight excluding hydrogens is 312 g/mol. The Hall–Kier alpha value is -2.84. The zero-order valence-corrected chi connectivity index (χ0v) is 13.4. The van der Waals surface area contributed by atoms with E-state index in [0.29, 0.717) is 17.6 Å². The van der Waals surface area contributed by atoms with Crippen molar-refractivity contribution in [3.8, 4) is 0 Å². The zero-order chi connectivity index (χ0) is 17.1. The van der Waals surface area contributed by atoms with Gasteiger partial charge in [-0.1, -0.05) is 6.92 Å². The highest BCUT2D eigenvalue weighted by molar-refractivity contribution is 5.70. The first-order chi connectivity index (χ1) is 11.5. The fourth-order valence-electron chi connectivity index (χ4n) is 2.70. The van der Waals surface area contributed by atoms with Gasteiger partial charge in [-0.15, -0.1) is 0 Å². The summed E-state index contributed by atoms with van der Waals surface area (Å²) in [4.78, 5) is 21.2. The molecule has 0 saturated carbocycles. The lowest BCUT2D eigenvalue weighted by Gasteiger charge is -2.30.